The molecule has 1 saturated heterocycles. The molecule has 1 aliphatic heterocycles. The number of thioether (sulfide) groups is 1. The summed E-state index contributed by atoms with van der Waals surface area (Å²) >= 11 is 13.8. The van der Waals surface area contributed by atoms with Crippen molar-refractivity contribution in [2.24, 2.45) is 5.92 Å². The van der Waals surface area contributed by atoms with Gasteiger partial charge in [-0.05, 0) is 55.8 Å². The maximum atomic E-state index is 12.4. The van der Waals surface area contributed by atoms with E-state index < -0.39 is 0 Å². The van der Waals surface area contributed by atoms with Crippen LogP contribution in [-0.2, 0) is 11.3 Å². The van der Waals surface area contributed by atoms with Crippen LogP contribution in [0.1, 0.15) is 18.4 Å². The summed E-state index contributed by atoms with van der Waals surface area (Å²) in [4.78, 5) is 16.0. The quantitative estimate of drug-likeness (QED) is 0.496. The van der Waals surface area contributed by atoms with Gasteiger partial charge in [0.2, 0.25) is 5.91 Å². The highest BCUT2D eigenvalue weighted by atomic mass is 35.5. The fourth-order valence-corrected chi connectivity index (χ4v) is 4.36. The lowest BCUT2D eigenvalue weighted by Crippen LogP contribution is -2.40. The standard InChI is InChI=1S/C21H24Cl2N2OS/c22-19-7-6-16(14-20(19)23)15-25-11-8-17(9-12-25)21(26)24-10-13-27-18-4-2-1-3-5-18/h1-7,14,17H,8-13,15H2,(H,24,26). The zero-order valence-electron chi connectivity index (χ0n) is 15.2. The van der Waals surface area contributed by atoms with Gasteiger partial charge in [0.15, 0.2) is 0 Å². The van der Waals surface area contributed by atoms with Gasteiger partial charge in [-0.15, -0.1) is 11.8 Å². The van der Waals surface area contributed by atoms with Gasteiger partial charge in [-0.3, -0.25) is 9.69 Å². The number of hydrogen-bond donors (Lipinski definition) is 1. The minimum absolute atomic E-state index is 0.122. The highest BCUT2D eigenvalue weighted by molar-refractivity contribution is 7.99. The Balaban J connectivity index is 1.35. The van der Waals surface area contributed by atoms with Crippen molar-refractivity contribution in [3.05, 3.63) is 64.1 Å². The van der Waals surface area contributed by atoms with E-state index in [0.717, 1.165) is 43.8 Å². The minimum Gasteiger partial charge on any atom is -0.355 e. The maximum absolute atomic E-state index is 12.4. The molecule has 0 saturated carbocycles. The molecule has 0 spiro atoms. The number of halogens is 2. The van der Waals surface area contributed by atoms with Crippen LogP contribution < -0.4 is 5.32 Å². The average Bonchev–Trinajstić information content (AvgIpc) is 2.69. The molecule has 0 atom stereocenters. The van der Waals surface area contributed by atoms with Crippen molar-refractivity contribution in [3.8, 4) is 0 Å². The van der Waals surface area contributed by atoms with Crippen LogP contribution in [0, 0.1) is 5.92 Å². The topological polar surface area (TPSA) is 32.3 Å². The minimum atomic E-state index is 0.122. The van der Waals surface area contributed by atoms with Gasteiger partial charge in [-0.1, -0.05) is 47.5 Å². The van der Waals surface area contributed by atoms with E-state index in [9.17, 15) is 4.79 Å². The molecule has 1 amide bonds. The molecule has 0 unspecified atom stereocenters. The average molecular weight is 423 g/mol. The molecule has 6 heteroatoms. The predicted octanol–water partition coefficient (Wildman–Crippen LogP) is 5.11. The van der Waals surface area contributed by atoms with E-state index in [-0.39, 0.29) is 11.8 Å². The molecule has 2 aromatic carbocycles. The molecule has 144 valence electrons. The first-order chi connectivity index (χ1) is 13.1. The van der Waals surface area contributed by atoms with Crippen LogP contribution in [0.2, 0.25) is 10.0 Å². The number of nitrogens with zero attached hydrogens (tertiary/aromatic N) is 1. The van der Waals surface area contributed by atoms with Gasteiger partial charge in [-0.25, -0.2) is 0 Å². The Kier molecular flexibility index (Phi) is 7.89. The first-order valence-corrected chi connectivity index (χ1v) is 11.0. The van der Waals surface area contributed by atoms with Crippen LogP contribution >= 0.6 is 35.0 Å². The van der Waals surface area contributed by atoms with Crippen molar-refractivity contribution >= 4 is 40.9 Å². The fraction of sp³-hybridized carbons (Fsp3) is 0.381. The molecule has 1 aliphatic rings. The second-order valence-corrected chi connectivity index (χ2v) is 8.73. The molecule has 1 fully saturated rings. The SMILES string of the molecule is O=C(NCCSc1ccccc1)C1CCN(Cc2ccc(Cl)c(Cl)c2)CC1. The molecule has 2 aromatic rings. The summed E-state index contributed by atoms with van der Waals surface area (Å²) in [5.41, 5.74) is 1.16. The number of carbonyl (C=O) groups is 1. The lowest BCUT2D eigenvalue weighted by molar-refractivity contribution is -0.126. The zero-order chi connectivity index (χ0) is 19.1. The number of rotatable bonds is 7. The van der Waals surface area contributed by atoms with Gasteiger partial charge in [0.25, 0.3) is 0 Å². The highest BCUT2D eigenvalue weighted by Gasteiger charge is 2.24. The fourth-order valence-electron chi connectivity index (χ4n) is 3.25. The van der Waals surface area contributed by atoms with Crippen LogP contribution in [0.25, 0.3) is 0 Å². The lowest BCUT2D eigenvalue weighted by atomic mass is 9.95. The molecule has 1 N–H and O–H groups in total. The molecule has 27 heavy (non-hydrogen) atoms. The molecule has 0 aromatic heterocycles. The van der Waals surface area contributed by atoms with E-state index in [1.807, 2.05) is 36.4 Å². The Morgan fingerprint density at radius 1 is 1.07 bits per heavy atom. The smallest absolute Gasteiger partial charge is 0.223 e. The second kappa shape index (κ2) is 10.4. The summed E-state index contributed by atoms with van der Waals surface area (Å²) in [6, 6.07) is 16.0. The summed E-state index contributed by atoms with van der Waals surface area (Å²) < 4.78 is 0. The number of carbonyl (C=O) groups excluding carboxylic acids is 1. The Labute approximate surface area is 175 Å². The van der Waals surface area contributed by atoms with E-state index in [1.165, 1.54) is 4.90 Å². The normalized spacial score (nSPS) is 15.6. The van der Waals surface area contributed by atoms with Gasteiger partial charge in [0, 0.05) is 29.7 Å². The summed E-state index contributed by atoms with van der Waals surface area (Å²) in [5, 5.41) is 4.27. The summed E-state index contributed by atoms with van der Waals surface area (Å²) in [6.07, 6.45) is 1.80. The molecule has 0 bridgehead atoms. The van der Waals surface area contributed by atoms with Crippen molar-refractivity contribution in [2.45, 2.75) is 24.3 Å². The molecule has 0 aliphatic carbocycles. The van der Waals surface area contributed by atoms with Gasteiger partial charge in [0.1, 0.15) is 0 Å². The van der Waals surface area contributed by atoms with Crippen molar-refractivity contribution in [1.29, 1.82) is 0 Å². The summed E-state index contributed by atoms with van der Waals surface area (Å²) in [5.74, 6) is 1.21. The molecule has 1 heterocycles. The van der Waals surface area contributed by atoms with Gasteiger partial charge in [-0.2, -0.15) is 0 Å². The zero-order valence-corrected chi connectivity index (χ0v) is 17.5. The van der Waals surface area contributed by atoms with Crippen molar-refractivity contribution in [2.75, 3.05) is 25.4 Å². The number of piperidine rings is 1. The Bertz CT molecular complexity index is 749. The summed E-state index contributed by atoms with van der Waals surface area (Å²) in [7, 11) is 0. The highest BCUT2D eigenvalue weighted by Crippen LogP contribution is 2.25. The van der Waals surface area contributed by atoms with Crippen LogP contribution in [0.4, 0.5) is 0 Å². The van der Waals surface area contributed by atoms with Crippen molar-refractivity contribution in [1.82, 2.24) is 10.2 Å². The number of hydrogen-bond acceptors (Lipinski definition) is 3. The third-order valence-corrected chi connectivity index (χ3v) is 6.51. The first kappa shape index (κ1) is 20.5. The number of nitrogens with one attached hydrogen (secondary N) is 1. The molecule has 0 radical (unpaired) electrons. The number of benzene rings is 2. The lowest BCUT2D eigenvalue weighted by Gasteiger charge is -2.31. The van der Waals surface area contributed by atoms with E-state index in [0.29, 0.717) is 16.6 Å². The second-order valence-electron chi connectivity index (χ2n) is 6.75. The number of amides is 1. The summed E-state index contributed by atoms with van der Waals surface area (Å²) in [6.45, 7) is 3.41. The Morgan fingerprint density at radius 3 is 2.52 bits per heavy atom. The van der Waals surface area contributed by atoms with Crippen molar-refractivity contribution < 1.29 is 4.79 Å². The van der Waals surface area contributed by atoms with Gasteiger partial charge >= 0.3 is 0 Å². The predicted molar refractivity (Wildman–Crippen MR) is 115 cm³/mol. The van der Waals surface area contributed by atoms with Gasteiger partial charge in [0.05, 0.1) is 10.0 Å². The van der Waals surface area contributed by atoms with E-state index in [4.69, 9.17) is 23.2 Å². The van der Waals surface area contributed by atoms with Crippen LogP contribution in [0.3, 0.4) is 0 Å². The molecule has 3 nitrogen and oxygen atoms in total. The number of likely N-dealkylation sites (tertiary alicyclic amines) is 1. The van der Waals surface area contributed by atoms with Crippen LogP contribution in [0.15, 0.2) is 53.4 Å². The van der Waals surface area contributed by atoms with E-state index in [1.54, 1.807) is 11.8 Å². The first-order valence-electron chi connectivity index (χ1n) is 9.23. The van der Waals surface area contributed by atoms with Crippen molar-refractivity contribution in [3.63, 3.8) is 0 Å². The Morgan fingerprint density at radius 2 is 1.81 bits per heavy atom. The maximum Gasteiger partial charge on any atom is 0.223 e. The van der Waals surface area contributed by atoms with Gasteiger partial charge < -0.3 is 5.32 Å². The Hall–Kier alpha value is -1.20. The largest absolute Gasteiger partial charge is 0.355 e. The van der Waals surface area contributed by atoms with E-state index >= 15 is 0 Å². The van der Waals surface area contributed by atoms with E-state index in [2.05, 4.69) is 22.3 Å². The molecular weight excluding hydrogens is 399 g/mol. The molecular formula is C21H24Cl2N2OS. The third-order valence-electron chi connectivity index (χ3n) is 4.76. The van der Waals surface area contributed by atoms with Crippen LogP contribution in [-0.4, -0.2) is 36.2 Å². The van der Waals surface area contributed by atoms with Crippen LogP contribution in [0.5, 0.6) is 0 Å². The monoisotopic (exact) mass is 422 g/mol. The third kappa shape index (κ3) is 6.42. The molecule has 3 rings (SSSR count).